The first kappa shape index (κ1) is 12.0. The van der Waals surface area contributed by atoms with Crippen molar-refractivity contribution < 1.29 is 14.3 Å². The van der Waals surface area contributed by atoms with Crippen LogP contribution in [0.25, 0.3) is 0 Å². The molecule has 2 N–H and O–H groups in total. The number of hydrogen-bond acceptors (Lipinski definition) is 5. The minimum Gasteiger partial charge on any atom is -0.494 e. The van der Waals surface area contributed by atoms with Gasteiger partial charge in [0, 0.05) is 12.7 Å². The standard InChI is InChI=1S/C12H16N2O3/c1-16-9-3-2-6-14-11(9)12(15)10-5-4-8(7-13)17-10/h2-3,6,8,10H,4-5,7,13H2,1H3. The van der Waals surface area contributed by atoms with Crippen molar-refractivity contribution >= 4 is 5.78 Å². The smallest absolute Gasteiger partial charge is 0.213 e. The highest BCUT2D eigenvalue weighted by Gasteiger charge is 2.32. The molecular formula is C12H16N2O3. The maximum Gasteiger partial charge on any atom is 0.213 e. The van der Waals surface area contributed by atoms with E-state index in [-0.39, 0.29) is 11.9 Å². The third-order valence-electron chi connectivity index (χ3n) is 2.89. The van der Waals surface area contributed by atoms with Crippen molar-refractivity contribution in [3.05, 3.63) is 24.0 Å². The van der Waals surface area contributed by atoms with Gasteiger partial charge in [0.1, 0.15) is 11.9 Å². The van der Waals surface area contributed by atoms with Gasteiger partial charge < -0.3 is 15.2 Å². The van der Waals surface area contributed by atoms with Gasteiger partial charge in [-0.25, -0.2) is 4.98 Å². The number of hydrogen-bond donors (Lipinski definition) is 1. The van der Waals surface area contributed by atoms with Crippen LogP contribution in [0.15, 0.2) is 18.3 Å². The van der Waals surface area contributed by atoms with Crippen molar-refractivity contribution in [3.63, 3.8) is 0 Å². The molecule has 2 rings (SSSR count). The number of ether oxygens (including phenoxy) is 2. The van der Waals surface area contributed by atoms with Gasteiger partial charge in [0.15, 0.2) is 5.69 Å². The van der Waals surface area contributed by atoms with E-state index in [9.17, 15) is 4.79 Å². The number of nitrogens with two attached hydrogens (primary N) is 1. The van der Waals surface area contributed by atoms with E-state index in [1.807, 2.05) is 0 Å². The second kappa shape index (κ2) is 5.25. The Bertz CT molecular complexity index is 408. The van der Waals surface area contributed by atoms with Crippen molar-refractivity contribution in [3.8, 4) is 5.75 Å². The van der Waals surface area contributed by atoms with Crippen LogP contribution < -0.4 is 10.5 Å². The van der Waals surface area contributed by atoms with Gasteiger partial charge in [-0.3, -0.25) is 4.79 Å². The Balaban J connectivity index is 2.15. The summed E-state index contributed by atoms with van der Waals surface area (Å²) in [5, 5.41) is 0. The SMILES string of the molecule is COc1cccnc1C(=O)C1CCC(CN)O1. The zero-order chi connectivity index (χ0) is 12.3. The summed E-state index contributed by atoms with van der Waals surface area (Å²) >= 11 is 0. The largest absolute Gasteiger partial charge is 0.494 e. The average Bonchev–Trinajstić information content (AvgIpc) is 2.86. The molecule has 5 nitrogen and oxygen atoms in total. The lowest BCUT2D eigenvalue weighted by Crippen LogP contribution is -2.26. The van der Waals surface area contributed by atoms with E-state index in [4.69, 9.17) is 15.2 Å². The van der Waals surface area contributed by atoms with Crippen molar-refractivity contribution in [2.45, 2.75) is 25.0 Å². The summed E-state index contributed by atoms with van der Waals surface area (Å²) in [5.74, 6) is 0.357. The molecule has 0 amide bonds. The molecule has 1 aliphatic heterocycles. The van der Waals surface area contributed by atoms with Gasteiger partial charge in [-0.1, -0.05) is 0 Å². The number of Topliss-reactive ketones (excluding diaryl/α,β-unsaturated/α-hetero) is 1. The highest BCUT2D eigenvalue weighted by atomic mass is 16.5. The van der Waals surface area contributed by atoms with Gasteiger partial charge in [0.25, 0.3) is 0 Å². The van der Waals surface area contributed by atoms with Crippen LogP contribution in [-0.2, 0) is 4.74 Å². The van der Waals surface area contributed by atoms with E-state index < -0.39 is 6.10 Å². The predicted octanol–water partition coefficient (Wildman–Crippen LogP) is 0.779. The molecule has 1 aromatic heterocycles. The summed E-state index contributed by atoms with van der Waals surface area (Å²) < 4.78 is 10.7. The van der Waals surface area contributed by atoms with Crippen LogP contribution in [0.5, 0.6) is 5.75 Å². The fourth-order valence-corrected chi connectivity index (χ4v) is 1.96. The number of carbonyl (C=O) groups is 1. The fourth-order valence-electron chi connectivity index (χ4n) is 1.96. The van der Waals surface area contributed by atoms with E-state index in [0.717, 1.165) is 6.42 Å². The van der Waals surface area contributed by atoms with Crippen LogP contribution in [0.2, 0.25) is 0 Å². The minimum atomic E-state index is -0.438. The Kier molecular flexibility index (Phi) is 3.71. The Morgan fingerprint density at radius 3 is 3.12 bits per heavy atom. The van der Waals surface area contributed by atoms with Crippen LogP contribution in [-0.4, -0.2) is 36.6 Å². The molecule has 0 spiro atoms. The molecule has 92 valence electrons. The number of ketones is 1. The number of nitrogens with zero attached hydrogens (tertiary/aromatic N) is 1. The second-order valence-corrected chi connectivity index (χ2v) is 3.98. The molecule has 1 aliphatic rings. The van der Waals surface area contributed by atoms with Gasteiger partial charge in [-0.2, -0.15) is 0 Å². The number of rotatable bonds is 4. The average molecular weight is 236 g/mol. The highest BCUT2D eigenvalue weighted by Crippen LogP contribution is 2.25. The normalized spacial score (nSPS) is 23.6. The molecule has 1 fully saturated rings. The van der Waals surface area contributed by atoms with Gasteiger partial charge in [0.05, 0.1) is 13.2 Å². The molecule has 1 saturated heterocycles. The zero-order valence-corrected chi connectivity index (χ0v) is 9.76. The van der Waals surface area contributed by atoms with Crippen molar-refractivity contribution in [2.75, 3.05) is 13.7 Å². The number of pyridine rings is 1. The van der Waals surface area contributed by atoms with Crippen molar-refractivity contribution in [2.24, 2.45) is 5.73 Å². The summed E-state index contributed by atoms with van der Waals surface area (Å²) in [6.45, 7) is 0.448. The Morgan fingerprint density at radius 1 is 1.65 bits per heavy atom. The lowest BCUT2D eigenvalue weighted by atomic mass is 10.1. The van der Waals surface area contributed by atoms with Gasteiger partial charge >= 0.3 is 0 Å². The summed E-state index contributed by atoms with van der Waals surface area (Å²) in [6, 6.07) is 3.45. The molecule has 2 atom stereocenters. The van der Waals surface area contributed by atoms with Crippen LogP contribution in [0.3, 0.4) is 0 Å². The van der Waals surface area contributed by atoms with Crippen molar-refractivity contribution in [1.29, 1.82) is 0 Å². The van der Waals surface area contributed by atoms with Crippen molar-refractivity contribution in [1.82, 2.24) is 4.98 Å². The Hall–Kier alpha value is -1.46. The summed E-state index contributed by atoms with van der Waals surface area (Å²) in [4.78, 5) is 16.2. The summed E-state index contributed by atoms with van der Waals surface area (Å²) in [5.41, 5.74) is 5.85. The number of carbonyl (C=O) groups excluding carboxylic acids is 1. The lowest BCUT2D eigenvalue weighted by molar-refractivity contribution is 0.0398. The highest BCUT2D eigenvalue weighted by molar-refractivity contribution is 6.00. The fraction of sp³-hybridized carbons (Fsp3) is 0.500. The first-order valence-corrected chi connectivity index (χ1v) is 5.65. The lowest BCUT2D eigenvalue weighted by Gasteiger charge is -2.12. The van der Waals surface area contributed by atoms with E-state index in [2.05, 4.69) is 4.98 Å². The first-order chi connectivity index (χ1) is 8.26. The maximum atomic E-state index is 12.2. The molecular weight excluding hydrogens is 220 g/mol. The summed E-state index contributed by atoms with van der Waals surface area (Å²) in [7, 11) is 1.52. The molecule has 0 aromatic carbocycles. The molecule has 0 saturated carbocycles. The van der Waals surface area contributed by atoms with Crippen LogP contribution in [0.4, 0.5) is 0 Å². The maximum absolute atomic E-state index is 12.2. The third kappa shape index (κ3) is 2.45. The monoisotopic (exact) mass is 236 g/mol. The van der Waals surface area contributed by atoms with Crippen LogP contribution >= 0.6 is 0 Å². The Labute approximate surface area is 99.9 Å². The van der Waals surface area contributed by atoms with Gasteiger partial charge in [0.2, 0.25) is 5.78 Å². The van der Waals surface area contributed by atoms with Gasteiger partial charge in [-0.15, -0.1) is 0 Å². The number of methoxy groups -OCH3 is 1. The van der Waals surface area contributed by atoms with E-state index in [0.29, 0.717) is 24.4 Å². The summed E-state index contributed by atoms with van der Waals surface area (Å²) in [6.07, 6.45) is 2.64. The van der Waals surface area contributed by atoms with E-state index in [1.165, 1.54) is 7.11 Å². The first-order valence-electron chi connectivity index (χ1n) is 5.65. The van der Waals surface area contributed by atoms with Crippen LogP contribution in [0.1, 0.15) is 23.3 Å². The molecule has 1 aromatic rings. The molecule has 2 unspecified atom stereocenters. The Morgan fingerprint density at radius 2 is 2.47 bits per heavy atom. The van der Waals surface area contributed by atoms with E-state index >= 15 is 0 Å². The van der Waals surface area contributed by atoms with Crippen LogP contribution in [0, 0.1) is 0 Å². The van der Waals surface area contributed by atoms with E-state index in [1.54, 1.807) is 18.3 Å². The number of aromatic nitrogens is 1. The second-order valence-electron chi connectivity index (χ2n) is 3.98. The third-order valence-corrected chi connectivity index (χ3v) is 2.89. The molecule has 5 heteroatoms. The molecule has 0 aliphatic carbocycles. The quantitative estimate of drug-likeness (QED) is 0.782. The predicted molar refractivity (Wildman–Crippen MR) is 62.1 cm³/mol. The van der Waals surface area contributed by atoms with Gasteiger partial charge in [-0.05, 0) is 25.0 Å². The molecule has 0 bridgehead atoms. The molecule has 0 radical (unpaired) electrons. The minimum absolute atomic E-state index is 0.0151. The zero-order valence-electron chi connectivity index (χ0n) is 9.76. The molecule has 17 heavy (non-hydrogen) atoms. The molecule has 2 heterocycles. The topological polar surface area (TPSA) is 74.4 Å².